The first-order valence-corrected chi connectivity index (χ1v) is 8.67. The molecule has 0 bridgehead atoms. The number of carbonyl (C=O) groups excluding carboxylic acids is 2. The van der Waals surface area contributed by atoms with Gasteiger partial charge in [-0.15, -0.1) is 0 Å². The number of aromatic nitrogens is 2. The number of hydrogen-bond acceptors (Lipinski definition) is 4. The molecule has 1 saturated heterocycles. The number of para-hydroxylation sites is 1. The summed E-state index contributed by atoms with van der Waals surface area (Å²) in [5, 5.41) is 2.90. The number of piperidine rings is 1. The highest BCUT2D eigenvalue weighted by molar-refractivity contribution is 5.89. The fourth-order valence-electron chi connectivity index (χ4n) is 3.68. The van der Waals surface area contributed by atoms with Crippen molar-refractivity contribution in [1.82, 2.24) is 14.5 Å². The third-order valence-electron chi connectivity index (χ3n) is 5.05. The van der Waals surface area contributed by atoms with Crippen molar-refractivity contribution >= 4 is 17.6 Å². The summed E-state index contributed by atoms with van der Waals surface area (Å²) in [6, 6.07) is 9.21. The zero-order chi connectivity index (χ0) is 18.1. The summed E-state index contributed by atoms with van der Waals surface area (Å²) in [6.07, 6.45) is 4.00. The molecular formula is C18H21N5O3. The first-order valence-electron chi connectivity index (χ1n) is 8.67. The van der Waals surface area contributed by atoms with Crippen LogP contribution in [0.5, 0.6) is 0 Å². The molecule has 1 atom stereocenters. The highest BCUT2D eigenvalue weighted by atomic mass is 16.5. The molecule has 1 aromatic heterocycles. The third-order valence-corrected chi connectivity index (χ3v) is 5.05. The van der Waals surface area contributed by atoms with Crippen molar-refractivity contribution in [1.29, 1.82) is 0 Å². The maximum atomic E-state index is 12.5. The van der Waals surface area contributed by atoms with Gasteiger partial charge in [0, 0.05) is 44.0 Å². The Bertz CT molecular complexity index is 811. The molecule has 2 aliphatic rings. The van der Waals surface area contributed by atoms with Gasteiger partial charge in [-0.05, 0) is 12.1 Å². The number of carbonyl (C=O) groups is 2. The zero-order valence-corrected chi connectivity index (χ0v) is 14.3. The van der Waals surface area contributed by atoms with E-state index in [9.17, 15) is 9.59 Å². The lowest BCUT2D eigenvalue weighted by Crippen LogP contribution is -2.54. The number of ether oxygens (including phenoxy) is 1. The molecular weight excluding hydrogens is 334 g/mol. The molecule has 1 spiro atoms. The van der Waals surface area contributed by atoms with E-state index in [4.69, 9.17) is 10.5 Å². The Morgan fingerprint density at radius 2 is 1.96 bits per heavy atom. The van der Waals surface area contributed by atoms with Crippen molar-refractivity contribution in [3.8, 4) is 0 Å². The molecule has 3 N–H and O–H groups in total. The van der Waals surface area contributed by atoms with Gasteiger partial charge in [0.2, 0.25) is 5.91 Å². The summed E-state index contributed by atoms with van der Waals surface area (Å²) in [4.78, 5) is 30.3. The Kier molecular flexibility index (Phi) is 4.12. The average Bonchev–Trinajstić information content (AvgIpc) is 3.13. The predicted octanol–water partition coefficient (Wildman–Crippen LogP) is 1.29. The van der Waals surface area contributed by atoms with Gasteiger partial charge < -0.3 is 25.3 Å². The van der Waals surface area contributed by atoms with Crippen molar-refractivity contribution in [3.05, 3.63) is 48.5 Å². The number of rotatable bonds is 2. The number of benzene rings is 1. The van der Waals surface area contributed by atoms with Gasteiger partial charge in [0.15, 0.2) is 6.10 Å². The number of fused-ring (bicyclic) bond motifs is 2. The highest BCUT2D eigenvalue weighted by Gasteiger charge is 2.47. The van der Waals surface area contributed by atoms with Crippen LogP contribution in [-0.4, -0.2) is 45.6 Å². The number of hydrogen-bond donors (Lipinski definition) is 2. The molecule has 0 radical (unpaired) electrons. The Hall–Kier alpha value is -2.87. The average molecular weight is 355 g/mol. The Morgan fingerprint density at radius 1 is 1.23 bits per heavy atom. The van der Waals surface area contributed by atoms with E-state index in [1.165, 1.54) is 0 Å². The normalized spacial score (nSPS) is 21.2. The Balaban J connectivity index is 1.47. The molecule has 8 heteroatoms. The molecule has 0 saturated carbocycles. The number of amides is 3. The quantitative estimate of drug-likeness (QED) is 0.847. The van der Waals surface area contributed by atoms with Crippen molar-refractivity contribution in [2.24, 2.45) is 5.73 Å². The van der Waals surface area contributed by atoms with Crippen molar-refractivity contribution in [2.45, 2.75) is 31.1 Å². The van der Waals surface area contributed by atoms with E-state index in [0.29, 0.717) is 32.5 Å². The number of nitrogens with zero attached hydrogens (tertiary/aromatic N) is 3. The molecule has 1 fully saturated rings. The van der Waals surface area contributed by atoms with Gasteiger partial charge in [0.05, 0.1) is 6.54 Å². The van der Waals surface area contributed by atoms with Gasteiger partial charge in [-0.3, -0.25) is 4.79 Å². The zero-order valence-electron chi connectivity index (χ0n) is 14.3. The first-order chi connectivity index (χ1) is 12.6. The molecule has 3 amide bonds. The second kappa shape index (κ2) is 6.45. The number of anilines is 1. The molecule has 1 aromatic carbocycles. The van der Waals surface area contributed by atoms with Gasteiger partial charge in [-0.25, -0.2) is 9.78 Å². The topological polar surface area (TPSA) is 102 Å². The van der Waals surface area contributed by atoms with Crippen LogP contribution in [0.3, 0.4) is 0 Å². The number of nitrogens with one attached hydrogen (secondary N) is 1. The Labute approximate surface area is 150 Å². The SMILES string of the molecule is NC(=O)[C@H]1Cn2ccnc2C2(CCN(C(=O)Nc3ccccc3)CC2)O1. The lowest BCUT2D eigenvalue weighted by Gasteiger charge is -2.45. The molecule has 26 heavy (non-hydrogen) atoms. The maximum Gasteiger partial charge on any atom is 0.321 e. The second-order valence-corrected chi connectivity index (χ2v) is 6.69. The van der Waals surface area contributed by atoms with E-state index in [0.717, 1.165) is 11.5 Å². The van der Waals surface area contributed by atoms with Gasteiger partial charge in [0.25, 0.3) is 0 Å². The van der Waals surface area contributed by atoms with Crippen molar-refractivity contribution in [2.75, 3.05) is 18.4 Å². The predicted molar refractivity (Wildman–Crippen MR) is 94.2 cm³/mol. The van der Waals surface area contributed by atoms with E-state index in [-0.39, 0.29) is 6.03 Å². The van der Waals surface area contributed by atoms with Crippen molar-refractivity contribution in [3.63, 3.8) is 0 Å². The number of likely N-dealkylation sites (tertiary alicyclic amines) is 1. The maximum absolute atomic E-state index is 12.5. The largest absolute Gasteiger partial charge is 0.367 e. The van der Waals surface area contributed by atoms with Crippen molar-refractivity contribution < 1.29 is 14.3 Å². The van der Waals surface area contributed by atoms with Crippen LogP contribution >= 0.6 is 0 Å². The lowest BCUT2D eigenvalue weighted by atomic mass is 9.88. The summed E-state index contributed by atoms with van der Waals surface area (Å²) in [5.41, 5.74) is 5.56. The fourth-order valence-corrected chi connectivity index (χ4v) is 3.68. The van der Waals surface area contributed by atoms with E-state index in [1.807, 2.05) is 41.1 Å². The van der Waals surface area contributed by atoms with Crippen LogP contribution in [0.4, 0.5) is 10.5 Å². The molecule has 136 valence electrons. The molecule has 8 nitrogen and oxygen atoms in total. The second-order valence-electron chi connectivity index (χ2n) is 6.69. The van der Waals surface area contributed by atoms with Crippen LogP contribution in [0.2, 0.25) is 0 Å². The molecule has 2 aromatic rings. The van der Waals surface area contributed by atoms with E-state index < -0.39 is 17.6 Å². The van der Waals surface area contributed by atoms with E-state index in [1.54, 1.807) is 11.1 Å². The molecule has 2 aliphatic heterocycles. The van der Waals surface area contributed by atoms with Crippen LogP contribution in [-0.2, 0) is 21.7 Å². The van der Waals surface area contributed by atoms with Gasteiger partial charge >= 0.3 is 6.03 Å². The minimum atomic E-state index is -0.679. The van der Waals surface area contributed by atoms with E-state index in [2.05, 4.69) is 10.3 Å². The number of urea groups is 1. The fraction of sp³-hybridized carbons (Fsp3) is 0.389. The molecule has 4 rings (SSSR count). The summed E-state index contributed by atoms with van der Waals surface area (Å²) < 4.78 is 8.02. The van der Waals surface area contributed by atoms with Gasteiger partial charge in [-0.1, -0.05) is 18.2 Å². The summed E-state index contributed by atoms with van der Waals surface area (Å²) >= 11 is 0. The summed E-state index contributed by atoms with van der Waals surface area (Å²) in [7, 11) is 0. The number of imidazole rings is 1. The van der Waals surface area contributed by atoms with Crippen LogP contribution < -0.4 is 11.1 Å². The van der Waals surface area contributed by atoms with Crippen LogP contribution in [0.15, 0.2) is 42.7 Å². The van der Waals surface area contributed by atoms with Gasteiger partial charge in [0.1, 0.15) is 11.4 Å². The monoisotopic (exact) mass is 355 g/mol. The summed E-state index contributed by atoms with van der Waals surface area (Å²) in [6.45, 7) is 1.40. The minimum absolute atomic E-state index is 0.142. The van der Waals surface area contributed by atoms with Crippen LogP contribution in [0.25, 0.3) is 0 Å². The smallest absolute Gasteiger partial charge is 0.321 e. The lowest BCUT2D eigenvalue weighted by molar-refractivity contribution is -0.169. The standard InChI is InChI=1S/C18H21N5O3/c19-15(24)14-12-23-11-8-20-16(23)18(26-14)6-9-22(10-7-18)17(25)21-13-4-2-1-3-5-13/h1-5,8,11,14H,6-7,9-10,12H2,(H2,19,24)(H,21,25)/t14-/m1/s1. The Morgan fingerprint density at radius 3 is 2.65 bits per heavy atom. The highest BCUT2D eigenvalue weighted by Crippen LogP contribution is 2.40. The van der Waals surface area contributed by atoms with Crippen LogP contribution in [0, 0.1) is 0 Å². The van der Waals surface area contributed by atoms with Gasteiger partial charge in [-0.2, -0.15) is 0 Å². The molecule has 0 aliphatic carbocycles. The first kappa shape index (κ1) is 16.6. The molecule has 0 unspecified atom stereocenters. The molecule has 3 heterocycles. The van der Waals surface area contributed by atoms with E-state index >= 15 is 0 Å². The third kappa shape index (κ3) is 2.92. The summed E-state index contributed by atoms with van der Waals surface area (Å²) in [5.74, 6) is 0.325. The minimum Gasteiger partial charge on any atom is -0.367 e. The number of primary amides is 1. The number of nitrogens with two attached hydrogens (primary N) is 1. The van der Waals surface area contributed by atoms with Crippen LogP contribution in [0.1, 0.15) is 18.7 Å².